The van der Waals surface area contributed by atoms with Crippen molar-refractivity contribution in [1.82, 2.24) is 0 Å². The first-order valence-electron chi connectivity index (χ1n) is 11.3. The van der Waals surface area contributed by atoms with E-state index in [9.17, 15) is 39.4 Å². The van der Waals surface area contributed by atoms with E-state index in [0.717, 1.165) is 12.1 Å². The van der Waals surface area contributed by atoms with Crippen LogP contribution in [0.3, 0.4) is 0 Å². The predicted octanol–water partition coefficient (Wildman–Crippen LogP) is 1.27. The summed E-state index contributed by atoms with van der Waals surface area (Å²) in [5.74, 6) is -1.05. The highest BCUT2D eigenvalue weighted by Gasteiger charge is 2.54. The Morgan fingerprint density at radius 3 is 1.83 bits per heavy atom. The van der Waals surface area contributed by atoms with Gasteiger partial charge in [-0.3, -0.25) is 0 Å². The molecule has 5 atom stereocenters. The molecule has 6 N–H and O–H groups in total. The van der Waals surface area contributed by atoms with Gasteiger partial charge in [0.05, 0.1) is 20.8 Å². The van der Waals surface area contributed by atoms with Gasteiger partial charge < -0.3 is 40.1 Å². The van der Waals surface area contributed by atoms with Crippen LogP contribution in [0.15, 0.2) is 48.6 Å². The molecule has 2 aromatic carbocycles. The molecule has 36 heavy (non-hydrogen) atoms. The number of rotatable bonds is 13. The van der Waals surface area contributed by atoms with Crippen LogP contribution in [0.25, 0.3) is 0 Å². The molecule has 0 radical (unpaired) electrons. The first kappa shape index (κ1) is 29.6. The summed E-state index contributed by atoms with van der Waals surface area (Å²) >= 11 is 0. The highest BCUT2D eigenvalue weighted by molar-refractivity contribution is 5.33. The quantitative estimate of drug-likeness (QED) is 0.221. The van der Waals surface area contributed by atoms with Crippen LogP contribution < -0.4 is 9.47 Å². The van der Waals surface area contributed by atoms with Crippen molar-refractivity contribution in [3.8, 4) is 11.5 Å². The standard InChI is InChI=1S/C26H34F2O8/c1-4-5-10-25(33,13-16-11-18(35-2)6-8-20(16)27)24(32)26(34,23(31)22(30)15-29)14-17-12-19(36-3)7-9-21(17)28/h4-9,11-12,22-24,29-34H,10,13-15H2,1-3H3/b5-4+/t22-,23+,24+,25?,26+/m0/s1. The zero-order chi connectivity index (χ0) is 27.1. The Labute approximate surface area is 208 Å². The Balaban J connectivity index is 2.63. The first-order chi connectivity index (χ1) is 16.9. The summed E-state index contributed by atoms with van der Waals surface area (Å²) in [7, 11) is 2.70. The van der Waals surface area contributed by atoms with E-state index in [2.05, 4.69) is 0 Å². The average Bonchev–Trinajstić information content (AvgIpc) is 2.88. The summed E-state index contributed by atoms with van der Waals surface area (Å²) < 4.78 is 39.5. The van der Waals surface area contributed by atoms with Gasteiger partial charge >= 0.3 is 0 Å². The predicted molar refractivity (Wildman–Crippen MR) is 128 cm³/mol. The monoisotopic (exact) mass is 512 g/mol. The molecule has 0 aliphatic rings. The van der Waals surface area contributed by atoms with E-state index in [-0.39, 0.29) is 29.0 Å². The van der Waals surface area contributed by atoms with Gasteiger partial charge in [0.1, 0.15) is 52.6 Å². The average molecular weight is 513 g/mol. The molecule has 0 aromatic heterocycles. The third kappa shape index (κ3) is 6.58. The molecule has 0 saturated heterocycles. The lowest BCUT2D eigenvalue weighted by molar-refractivity contribution is -0.228. The summed E-state index contributed by atoms with van der Waals surface area (Å²) in [6.07, 6.45) is -5.11. The minimum atomic E-state index is -2.80. The number of ether oxygens (including phenoxy) is 2. The van der Waals surface area contributed by atoms with Crippen molar-refractivity contribution in [3.05, 3.63) is 71.3 Å². The highest BCUT2D eigenvalue weighted by atomic mass is 19.1. The van der Waals surface area contributed by atoms with Crippen LogP contribution in [0.1, 0.15) is 24.5 Å². The third-order valence-electron chi connectivity index (χ3n) is 6.23. The van der Waals surface area contributed by atoms with Crippen LogP contribution in [0, 0.1) is 11.6 Å². The Kier molecular flexibility index (Phi) is 10.4. The maximum absolute atomic E-state index is 14.6. The summed E-state index contributed by atoms with van der Waals surface area (Å²) in [4.78, 5) is 0. The lowest BCUT2D eigenvalue weighted by atomic mass is 9.71. The van der Waals surface area contributed by atoms with E-state index >= 15 is 0 Å². The minimum absolute atomic E-state index is 0.0625. The fourth-order valence-corrected chi connectivity index (χ4v) is 4.13. The molecular weight excluding hydrogens is 478 g/mol. The molecule has 200 valence electrons. The van der Waals surface area contributed by atoms with E-state index in [1.54, 1.807) is 13.0 Å². The van der Waals surface area contributed by atoms with Crippen molar-refractivity contribution >= 4 is 0 Å². The van der Waals surface area contributed by atoms with Gasteiger partial charge in [-0.25, -0.2) is 8.78 Å². The molecule has 10 heteroatoms. The zero-order valence-electron chi connectivity index (χ0n) is 20.4. The summed E-state index contributed by atoms with van der Waals surface area (Å²) in [6.45, 7) is 0.635. The van der Waals surface area contributed by atoms with E-state index < -0.39 is 60.6 Å². The molecule has 0 heterocycles. The number of benzene rings is 2. The third-order valence-corrected chi connectivity index (χ3v) is 6.23. The Bertz CT molecular complexity index is 1030. The van der Waals surface area contributed by atoms with Crippen LogP contribution >= 0.6 is 0 Å². The fraction of sp³-hybridized carbons (Fsp3) is 0.462. The minimum Gasteiger partial charge on any atom is -0.497 e. The molecule has 1 unspecified atom stereocenters. The second-order valence-corrected chi connectivity index (χ2v) is 8.73. The van der Waals surface area contributed by atoms with Crippen molar-refractivity contribution < 1.29 is 48.9 Å². The Morgan fingerprint density at radius 2 is 1.39 bits per heavy atom. The van der Waals surface area contributed by atoms with Gasteiger partial charge in [0.2, 0.25) is 0 Å². The largest absolute Gasteiger partial charge is 0.497 e. The van der Waals surface area contributed by atoms with Crippen LogP contribution in [-0.4, -0.2) is 81.0 Å². The molecule has 0 bridgehead atoms. The number of aliphatic hydroxyl groups excluding tert-OH is 4. The second kappa shape index (κ2) is 12.6. The number of allylic oxidation sites excluding steroid dienone is 1. The molecule has 0 spiro atoms. The lowest BCUT2D eigenvalue weighted by Gasteiger charge is -2.46. The first-order valence-corrected chi connectivity index (χ1v) is 11.3. The molecule has 0 aliphatic carbocycles. The van der Waals surface area contributed by atoms with Gasteiger partial charge in [-0.1, -0.05) is 12.2 Å². The Hall–Kier alpha value is -2.60. The van der Waals surface area contributed by atoms with Gasteiger partial charge in [0.15, 0.2) is 0 Å². The van der Waals surface area contributed by atoms with Gasteiger partial charge in [-0.2, -0.15) is 0 Å². The van der Waals surface area contributed by atoms with Crippen molar-refractivity contribution in [2.45, 2.75) is 55.7 Å². The fourth-order valence-electron chi connectivity index (χ4n) is 4.13. The smallest absolute Gasteiger partial charge is 0.126 e. The SMILES string of the molecule is C/C=C/CC(O)(Cc1cc(OC)ccc1F)[C@@H](O)[C@@](O)(Cc1cc(OC)ccc1F)[C@H](O)[C@@H](O)CO. The van der Waals surface area contributed by atoms with Gasteiger partial charge in [-0.05, 0) is 60.9 Å². The lowest BCUT2D eigenvalue weighted by Crippen LogP contribution is -2.66. The van der Waals surface area contributed by atoms with E-state index in [4.69, 9.17) is 9.47 Å². The molecule has 2 aromatic rings. The van der Waals surface area contributed by atoms with Crippen LogP contribution in [-0.2, 0) is 12.8 Å². The van der Waals surface area contributed by atoms with Crippen molar-refractivity contribution in [2.75, 3.05) is 20.8 Å². The maximum Gasteiger partial charge on any atom is 0.126 e. The number of methoxy groups -OCH3 is 2. The molecular formula is C26H34F2O8. The topological polar surface area (TPSA) is 140 Å². The molecule has 0 aliphatic heterocycles. The van der Waals surface area contributed by atoms with Crippen LogP contribution in [0.2, 0.25) is 0 Å². The molecule has 0 fully saturated rings. The van der Waals surface area contributed by atoms with Gasteiger partial charge in [0, 0.05) is 12.8 Å². The molecule has 0 amide bonds. The van der Waals surface area contributed by atoms with Gasteiger partial charge in [0.25, 0.3) is 0 Å². The number of hydrogen-bond acceptors (Lipinski definition) is 8. The van der Waals surface area contributed by atoms with Crippen LogP contribution in [0.5, 0.6) is 11.5 Å². The zero-order valence-corrected chi connectivity index (χ0v) is 20.4. The normalized spacial score (nSPS) is 17.8. The van der Waals surface area contributed by atoms with E-state index in [0.29, 0.717) is 0 Å². The maximum atomic E-state index is 14.6. The van der Waals surface area contributed by atoms with Gasteiger partial charge in [-0.15, -0.1) is 0 Å². The molecule has 0 saturated carbocycles. The van der Waals surface area contributed by atoms with Crippen molar-refractivity contribution in [1.29, 1.82) is 0 Å². The summed E-state index contributed by atoms with van der Waals surface area (Å²) in [5.41, 5.74) is -5.39. The number of hydrogen-bond donors (Lipinski definition) is 6. The Morgan fingerprint density at radius 1 is 0.889 bits per heavy atom. The molecule has 2 rings (SSSR count). The van der Waals surface area contributed by atoms with E-state index in [1.807, 2.05) is 0 Å². The van der Waals surface area contributed by atoms with Crippen molar-refractivity contribution in [2.24, 2.45) is 0 Å². The van der Waals surface area contributed by atoms with Crippen molar-refractivity contribution in [3.63, 3.8) is 0 Å². The van der Waals surface area contributed by atoms with E-state index in [1.165, 1.54) is 44.6 Å². The second-order valence-electron chi connectivity index (χ2n) is 8.73. The number of halogens is 2. The highest BCUT2D eigenvalue weighted by Crippen LogP contribution is 2.36. The number of aliphatic hydroxyl groups is 6. The summed E-state index contributed by atoms with van der Waals surface area (Å²) in [5, 5.41) is 64.9. The molecule has 8 nitrogen and oxygen atoms in total. The van der Waals surface area contributed by atoms with Crippen LogP contribution in [0.4, 0.5) is 8.78 Å². The summed E-state index contributed by atoms with van der Waals surface area (Å²) in [6, 6.07) is 7.37.